The summed E-state index contributed by atoms with van der Waals surface area (Å²) in [5, 5.41) is 1.13. The van der Waals surface area contributed by atoms with Crippen molar-refractivity contribution in [3.63, 3.8) is 0 Å². The van der Waals surface area contributed by atoms with Crippen LogP contribution in [0.4, 0.5) is 0 Å². The first-order valence-electron chi connectivity index (χ1n) is 3.45. The maximum atomic E-state index is 4.06. The summed E-state index contributed by atoms with van der Waals surface area (Å²) in [6.07, 6.45) is 7.33. The number of aromatic amines is 1. The Morgan fingerprint density at radius 1 is 1.45 bits per heavy atom. The second kappa shape index (κ2) is 2.23. The Hall–Kier alpha value is -1.57. The van der Waals surface area contributed by atoms with Crippen LogP contribution in [0.3, 0.4) is 0 Å². The summed E-state index contributed by atoms with van der Waals surface area (Å²) < 4.78 is 0. The lowest BCUT2D eigenvalue weighted by Crippen LogP contribution is -1.77. The molecule has 0 unspecified atom stereocenters. The molecule has 2 rings (SSSR count). The van der Waals surface area contributed by atoms with Crippen molar-refractivity contribution in [1.29, 1.82) is 0 Å². The summed E-state index contributed by atoms with van der Waals surface area (Å²) in [5.41, 5.74) is 2.16. The maximum absolute atomic E-state index is 4.06. The Kier molecular flexibility index (Phi) is 1.25. The average Bonchev–Trinajstić information content (AvgIpc) is 2.50. The molecule has 54 valence electrons. The highest BCUT2D eigenvalue weighted by Crippen LogP contribution is 2.15. The van der Waals surface area contributed by atoms with E-state index in [1.165, 1.54) is 0 Å². The smallest absolute Gasteiger partial charge is 0.0558 e. The van der Waals surface area contributed by atoms with E-state index in [2.05, 4.69) is 16.5 Å². The Morgan fingerprint density at radius 2 is 2.36 bits per heavy atom. The predicted octanol–water partition coefficient (Wildman–Crippen LogP) is 2.21. The Labute approximate surface area is 64.6 Å². The first-order valence-corrected chi connectivity index (χ1v) is 3.45. The van der Waals surface area contributed by atoms with Gasteiger partial charge in [0.25, 0.3) is 0 Å². The minimum atomic E-state index is 1.05. The van der Waals surface area contributed by atoms with Crippen LogP contribution in [0.2, 0.25) is 0 Å². The molecule has 2 nitrogen and oxygen atoms in total. The fourth-order valence-electron chi connectivity index (χ4n) is 1.16. The number of aromatic nitrogens is 2. The van der Waals surface area contributed by atoms with Crippen LogP contribution in [0.5, 0.6) is 0 Å². The van der Waals surface area contributed by atoms with E-state index in [1.807, 2.05) is 18.5 Å². The van der Waals surface area contributed by atoms with Gasteiger partial charge in [0, 0.05) is 29.5 Å². The monoisotopic (exact) mass is 144 g/mol. The molecule has 2 heterocycles. The quantitative estimate of drug-likeness (QED) is 0.653. The molecule has 0 amide bonds. The molecule has 2 heteroatoms. The van der Waals surface area contributed by atoms with Crippen LogP contribution in [-0.4, -0.2) is 9.97 Å². The normalized spacial score (nSPS) is 10.2. The number of nitrogens with zero attached hydrogens (tertiary/aromatic N) is 1. The molecule has 0 aliphatic heterocycles. The van der Waals surface area contributed by atoms with E-state index in [0.29, 0.717) is 0 Å². The Bertz CT molecular complexity index is 387. The van der Waals surface area contributed by atoms with E-state index in [-0.39, 0.29) is 0 Å². The molecule has 0 aliphatic carbocycles. The second-order valence-corrected chi connectivity index (χ2v) is 2.37. The van der Waals surface area contributed by atoms with Crippen molar-refractivity contribution in [3.8, 4) is 0 Å². The van der Waals surface area contributed by atoms with Crippen molar-refractivity contribution in [3.05, 3.63) is 36.8 Å². The zero-order valence-electron chi connectivity index (χ0n) is 6.04. The average molecular weight is 144 g/mol. The van der Waals surface area contributed by atoms with E-state index in [0.717, 1.165) is 16.5 Å². The lowest BCUT2D eigenvalue weighted by Gasteiger charge is -1.93. The van der Waals surface area contributed by atoms with Gasteiger partial charge in [0.05, 0.1) is 5.52 Å². The topological polar surface area (TPSA) is 28.7 Å². The van der Waals surface area contributed by atoms with Gasteiger partial charge in [0.15, 0.2) is 0 Å². The number of pyridine rings is 1. The molecule has 0 spiro atoms. The second-order valence-electron chi connectivity index (χ2n) is 2.37. The van der Waals surface area contributed by atoms with Crippen molar-refractivity contribution in [2.75, 3.05) is 0 Å². The van der Waals surface area contributed by atoms with Gasteiger partial charge in [-0.15, -0.1) is 0 Å². The number of nitrogens with one attached hydrogen (secondary N) is 1. The molecule has 2 aromatic heterocycles. The standard InChI is InChI=1S/C9H8N2/c1-2-7-5-10-6-8-3-4-11-9(7)8/h2-6,11H,1H2. The highest BCUT2D eigenvalue weighted by molar-refractivity contribution is 5.86. The lowest BCUT2D eigenvalue weighted by molar-refractivity contribution is 1.34. The largest absolute Gasteiger partial charge is 0.361 e. The van der Waals surface area contributed by atoms with Gasteiger partial charge in [-0.1, -0.05) is 12.7 Å². The van der Waals surface area contributed by atoms with Crippen molar-refractivity contribution in [2.45, 2.75) is 0 Å². The molecule has 2 aromatic rings. The molecule has 0 aliphatic rings. The third-order valence-electron chi connectivity index (χ3n) is 1.72. The maximum Gasteiger partial charge on any atom is 0.0558 e. The van der Waals surface area contributed by atoms with Gasteiger partial charge in [0.2, 0.25) is 0 Å². The summed E-state index contributed by atoms with van der Waals surface area (Å²) in [6, 6.07) is 2.00. The van der Waals surface area contributed by atoms with Crippen LogP contribution in [-0.2, 0) is 0 Å². The van der Waals surface area contributed by atoms with Crippen molar-refractivity contribution in [1.82, 2.24) is 9.97 Å². The minimum Gasteiger partial charge on any atom is -0.361 e. The third-order valence-corrected chi connectivity index (χ3v) is 1.72. The molecular formula is C9H8N2. The summed E-state index contributed by atoms with van der Waals surface area (Å²) in [7, 11) is 0. The number of hydrogen-bond acceptors (Lipinski definition) is 1. The SMILES string of the molecule is C=Cc1cncc2cc[nH]c12. The lowest BCUT2D eigenvalue weighted by atomic mass is 10.2. The fraction of sp³-hybridized carbons (Fsp3) is 0. The number of fused-ring (bicyclic) bond motifs is 1. The van der Waals surface area contributed by atoms with Crippen LogP contribution in [0.15, 0.2) is 31.2 Å². The van der Waals surface area contributed by atoms with E-state index in [1.54, 1.807) is 12.3 Å². The number of hydrogen-bond donors (Lipinski definition) is 1. The van der Waals surface area contributed by atoms with Gasteiger partial charge in [-0.05, 0) is 6.07 Å². The molecule has 0 atom stereocenters. The van der Waals surface area contributed by atoms with Gasteiger partial charge in [0.1, 0.15) is 0 Å². The minimum absolute atomic E-state index is 1.05. The van der Waals surface area contributed by atoms with Crippen molar-refractivity contribution < 1.29 is 0 Å². The molecule has 11 heavy (non-hydrogen) atoms. The molecular weight excluding hydrogens is 136 g/mol. The van der Waals surface area contributed by atoms with Crippen LogP contribution >= 0.6 is 0 Å². The van der Waals surface area contributed by atoms with Crippen LogP contribution < -0.4 is 0 Å². The van der Waals surface area contributed by atoms with Gasteiger partial charge in [-0.2, -0.15) is 0 Å². The fourth-order valence-corrected chi connectivity index (χ4v) is 1.16. The van der Waals surface area contributed by atoms with Gasteiger partial charge < -0.3 is 4.98 Å². The summed E-state index contributed by atoms with van der Waals surface area (Å²) in [6.45, 7) is 3.70. The third kappa shape index (κ3) is 0.835. The molecule has 0 bridgehead atoms. The number of H-pyrrole nitrogens is 1. The zero-order chi connectivity index (χ0) is 7.68. The van der Waals surface area contributed by atoms with E-state index in [9.17, 15) is 0 Å². The summed E-state index contributed by atoms with van der Waals surface area (Å²) in [5.74, 6) is 0. The highest BCUT2D eigenvalue weighted by atomic mass is 14.7. The predicted molar refractivity (Wildman–Crippen MR) is 46.2 cm³/mol. The molecule has 0 saturated carbocycles. The summed E-state index contributed by atoms with van der Waals surface area (Å²) in [4.78, 5) is 7.19. The Balaban J connectivity index is 2.88. The van der Waals surface area contributed by atoms with Crippen LogP contribution in [0.1, 0.15) is 5.56 Å². The molecule has 1 N–H and O–H groups in total. The Morgan fingerprint density at radius 3 is 3.18 bits per heavy atom. The number of rotatable bonds is 1. The zero-order valence-corrected chi connectivity index (χ0v) is 6.04. The first kappa shape index (κ1) is 6.16. The van der Waals surface area contributed by atoms with Crippen molar-refractivity contribution >= 4 is 17.0 Å². The van der Waals surface area contributed by atoms with E-state index >= 15 is 0 Å². The van der Waals surface area contributed by atoms with E-state index in [4.69, 9.17) is 0 Å². The molecule has 0 radical (unpaired) electrons. The summed E-state index contributed by atoms with van der Waals surface area (Å²) >= 11 is 0. The van der Waals surface area contributed by atoms with Gasteiger partial charge >= 0.3 is 0 Å². The van der Waals surface area contributed by atoms with Crippen LogP contribution in [0.25, 0.3) is 17.0 Å². The molecule has 0 saturated heterocycles. The van der Waals surface area contributed by atoms with Crippen molar-refractivity contribution in [2.24, 2.45) is 0 Å². The van der Waals surface area contributed by atoms with Gasteiger partial charge in [-0.3, -0.25) is 4.98 Å². The van der Waals surface area contributed by atoms with E-state index < -0.39 is 0 Å². The van der Waals surface area contributed by atoms with Gasteiger partial charge in [-0.25, -0.2) is 0 Å². The highest BCUT2D eigenvalue weighted by Gasteiger charge is 1.96. The molecule has 0 fully saturated rings. The van der Waals surface area contributed by atoms with Crippen LogP contribution in [0, 0.1) is 0 Å². The first-order chi connectivity index (χ1) is 5.42. The molecule has 0 aromatic carbocycles.